The predicted octanol–water partition coefficient (Wildman–Crippen LogP) is -0.802. The van der Waals surface area contributed by atoms with Crippen molar-refractivity contribution >= 4 is 35.5 Å². The van der Waals surface area contributed by atoms with Crippen molar-refractivity contribution in [2.75, 3.05) is 27.2 Å². The molecule has 0 saturated carbocycles. The van der Waals surface area contributed by atoms with Crippen molar-refractivity contribution in [2.24, 2.45) is 11.8 Å². The molecule has 172 valence electrons. The average Bonchev–Trinajstić information content (AvgIpc) is 3.24. The van der Waals surface area contributed by atoms with Gasteiger partial charge in [0.25, 0.3) is 0 Å². The molecular weight excluding hydrogens is 424 g/mol. The molecule has 3 rings (SSSR count). The lowest BCUT2D eigenvalue weighted by Gasteiger charge is -2.46. The van der Waals surface area contributed by atoms with Crippen LogP contribution in [0, 0.1) is 11.8 Å². The second-order valence-electron chi connectivity index (χ2n) is 8.54. The number of aliphatic carboxylic acids is 1. The number of carboxylic acids is 1. The van der Waals surface area contributed by atoms with E-state index in [1.807, 2.05) is 6.92 Å². The zero-order valence-corrected chi connectivity index (χ0v) is 18.9. The highest BCUT2D eigenvalue weighted by Gasteiger charge is 2.60. The Morgan fingerprint density at radius 3 is 2.61 bits per heavy atom. The maximum absolute atomic E-state index is 12.4. The van der Waals surface area contributed by atoms with Crippen molar-refractivity contribution in [2.45, 2.75) is 50.1 Å². The van der Waals surface area contributed by atoms with Crippen LogP contribution in [0.3, 0.4) is 0 Å². The second kappa shape index (κ2) is 9.17. The Kier molecular flexibility index (Phi) is 6.97. The summed E-state index contributed by atoms with van der Waals surface area (Å²) in [5.74, 6) is -2.54. The smallest absolute Gasteiger partial charge is 0.353 e. The molecule has 0 aromatic heterocycles. The molecule has 3 heterocycles. The Bertz CT molecular complexity index is 813. The molecular formula is C20H30N4O6S. The largest absolute Gasteiger partial charge is 0.477 e. The maximum atomic E-state index is 12.4. The number of carbonyl (C=O) groups excluding carboxylic acids is 3. The van der Waals surface area contributed by atoms with Crippen LogP contribution in [-0.4, -0.2) is 94.3 Å². The molecule has 11 heteroatoms. The number of hydrogen-bond acceptors (Lipinski definition) is 7. The minimum Gasteiger partial charge on any atom is -0.477 e. The van der Waals surface area contributed by atoms with Gasteiger partial charge in [-0.05, 0) is 13.3 Å². The van der Waals surface area contributed by atoms with Crippen LogP contribution in [-0.2, 0) is 19.2 Å². The van der Waals surface area contributed by atoms with E-state index in [4.69, 9.17) is 0 Å². The standard InChI is InChI=1S/C20H30N4O6S/c1-9-15-14(10(2)25)19(28)24(15)16(20(29)30)17(9)31-11-7-12(22-8-11)18(27)21-6-5-13(26)23(3)4/h9-12,14-15,22,25H,5-8H2,1-4H3,(H,21,27)(H,29,30)/t9-,10-,11+,12+,14-,15-/m1/s1. The molecule has 3 amide bonds. The van der Waals surface area contributed by atoms with Gasteiger partial charge >= 0.3 is 5.97 Å². The fourth-order valence-electron chi connectivity index (χ4n) is 4.49. The van der Waals surface area contributed by atoms with Crippen LogP contribution in [0.4, 0.5) is 0 Å². The number of aliphatic hydroxyl groups is 1. The molecule has 3 aliphatic rings. The highest BCUT2D eigenvalue weighted by atomic mass is 32.2. The molecule has 31 heavy (non-hydrogen) atoms. The van der Waals surface area contributed by atoms with E-state index in [-0.39, 0.29) is 53.6 Å². The topological polar surface area (TPSA) is 139 Å². The number of amides is 3. The average molecular weight is 455 g/mol. The highest BCUT2D eigenvalue weighted by Crippen LogP contribution is 2.51. The molecule has 0 unspecified atom stereocenters. The molecule has 0 radical (unpaired) electrons. The number of thioether (sulfide) groups is 1. The van der Waals surface area contributed by atoms with Gasteiger partial charge in [-0.15, -0.1) is 11.8 Å². The van der Waals surface area contributed by atoms with Crippen LogP contribution in [0.5, 0.6) is 0 Å². The molecule has 0 aromatic rings. The minimum atomic E-state index is -1.15. The van der Waals surface area contributed by atoms with E-state index in [0.717, 1.165) is 0 Å². The van der Waals surface area contributed by atoms with E-state index in [2.05, 4.69) is 10.6 Å². The van der Waals surface area contributed by atoms with Crippen LogP contribution in [0.25, 0.3) is 0 Å². The first kappa shape index (κ1) is 23.6. The summed E-state index contributed by atoms with van der Waals surface area (Å²) in [4.78, 5) is 51.7. The van der Waals surface area contributed by atoms with E-state index >= 15 is 0 Å². The number of rotatable bonds is 8. The summed E-state index contributed by atoms with van der Waals surface area (Å²) in [6.07, 6.45) is -0.0954. The zero-order chi connectivity index (χ0) is 23.0. The van der Waals surface area contributed by atoms with Gasteiger partial charge in [0.1, 0.15) is 5.70 Å². The van der Waals surface area contributed by atoms with Crippen LogP contribution < -0.4 is 10.6 Å². The second-order valence-corrected chi connectivity index (χ2v) is 9.88. The van der Waals surface area contributed by atoms with Gasteiger partial charge in [0.2, 0.25) is 17.7 Å². The molecule has 3 aliphatic heterocycles. The number of nitrogens with one attached hydrogen (secondary N) is 2. The fourth-order valence-corrected chi connectivity index (χ4v) is 5.97. The van der Waals surface area contributed by atoms with Gasteiger partial charge in [-0.2, -0.15) is 0 Å². The Hall–Kier alpha value is -2.11. The number of carboxylic acid groups (broad SMARTS) is 1. The van der Waals surface area contributed by atoms with Gasteiger partial charge in [-0.25, -0.2) is 4.79 Å². The Labute approximate surface area is 185 Å². The van der Waals surface area contributed by atoms with Crippen LogP contribution in [0.15, 0.2) is 10.6 Å². The molecule has 10 nitrogen and oxygen atoms in total. The van der Waals surface area contributed by atoms with Gasteiger partial charge in [0.15, 0.2) is 0 Å². The van der Waals surface area contributed by atoms with Gasteiger partial charge in [-0.1, -0.05) is 6.92 Å². The highest BCUT2D eigenvalue weighted by molar-refractivity contribution is 8.03. The van der Waals surface area contributed by atoms with Gasteiger partial charge < -0.3 is 30.6 Å². The van der Waals surface area contributed by atoms with Crippen LogP contribution in [0.2, 0.25) is 0 Å². The lowest BCUT2D eigenvalue weighted by atomic mass is 9.79. The Morgan fingerprint density at radius 1 is 1.35 bits per heavy atom. The summed E-state index contributed by atoms with van der Waals surface area (Å²) in [7, 11) is 3.32. The molecule has 2 fully saturated rings. The monoisotopic (exact) mass is 454 g/mol. The van der Waals surface area contributed by atoms with Gasteiger partial charge in [0.05, 0.1) is 24.1 Å². The summed E-state index contributed by atoms with van der Waals surface area (Å²) in [6, 6.07) is -0.759. The quantitative estimate of drug-likeness (QED) is 0.350. The molecule has 0 bridgehead atoms. The minimum absolute atomic E-state index is 0.000464. The van der Waals surface area contributed by atoms with E-state index < -0.39 is 24.0 Å². The van der Waals surface area contributed by atoms with Crippen molar-refractivity contribution < 1.29 is 29.4 Å². The number of β-lactam (4-membered cyclic amide) rings is 1. The molecule has 0 aliphatic carbocycles. The first-order chi connectivity index (χ1) is 14.5. The summed E-state index contributed by atoms with van der Waals surface area (Å²) < 4.78 is 0. The number of hydrogen-bond donors (Lipinski definition) is 4. The fraction of sp³-hybridized carbons (Fsp3) is 0.700. The predicted molar refractivity (Wildman–Crippen MR) is 114 cm³/mol. The third kappa shape index (κ3) is 4.44. The third-order valence-corrected chi connectivity index (χ3v) is 7.66. The van der Waals surface area contributed by atoms with E-state index in [1.54, 1.807) is 21.0 Å². The van der Waals surface area contributed by atoms with E-state index in [1.165, 1.54) is 21.6 Å². The number of nitrogens with zero attached hydrogens (tertiary/aromatic N) is 2. The number of fused-ring (bicyclic) bond motifs is 1. The summed E-state index contributed by atoms with van der Waals surface area (Å²) in [5.41, 5.74) is -0.000464. The van der Waals surface area contributed by atoms with Crippen molar-refractivity contribution in [1.29, 1.82) is 0 Å². The summed E-state index contributed by atoms with van der Waals surface area (Å²) in [6.45, 7) is 4.22. The summed E-state index contributed by atoms with van der Waals surface area (Å²) >= 11 is 1.40. The van der Waals surface area contributed by atoms with Crippen molar-refractivity contribution in [3.8, 4) is 0 Å². The molecule has 0 aromatic carbocycles. The number of carbonyl (C=O) groups is 4. The maximum Gasteiger partial charge on any atom is 0.353 e. The van der Waals surface area contributed by atoms with Crippen molar-refractivity contribution in [3.05, 3.63) is 10.6 Å². The summed E-state index contributed by atoms with van der Waals surface area (Å²) in [5, 5.41) is 25.6. The molecule has 2 saturated heterocycles. The molecule has 6 atom stereocenters. The Morgan fingerprint density at radius 2 is 2.03 bits per heavy atom. The molecule has 4 N–H and O–H groups in total. The normalized spacial score (nSPS) is 30.7. The van der Waals surface area contributed by atoms with Crippen molar-refractivity contribution in [1.82, 2.24) is 20.4 Å². The third-order valence-electron chi connectivity index (χ3n) is 6.15. The first-order valence-electron chi connectivity index (χ1n) is 10.4. The van der Waals surface area contributed by atoms with E-state index in [0.29, 0.717) is 17.9 Å². The lowest BCUT2D eigenvalue weighted by Crippen LogP contribution is -2.63. The van der Waals surface area contributed by atoms with Crippen LogP contribution >= 0.6 is 11.8 Å². The van der Waals surface area contributed by atoms with Gasteiger partial charge in [-0.3, -0.25) is 14.4 Å². The van der Waals surface area contributed by atoms with Crippen LogP contribution in [0.1, 0.15) is 26.7 Å². The Balaban J connectivity index is 1.60. The van der Waals surface area contributed by atoms with Crippen molar-refractivity contribution in [3.63, 3.8) is 0 Å². The number of aliphatic hydroxyl groups excluding tert-OH is 1. The van der Waals surface area contributed by atoms with E-state index in [9.17, 15) is 29.4 Å². The lowest BCUT2D eigenvalue weighted by molar-refractivity contribution is -0.163. The van der Waals surface area contributed by atoms with Gasteiger partial charge in [0, 0.05) is 49.7 Å². The first-order valence-corrected chi connectivity index (χ1v) is 11.3. The SMILES string of the molecule is C[C@@H](O)[C@H]1C(=O)N2C(C(=O)O)=C(S[C@@H]3CN[C@H](C(=O)NCCC(=O)N(C)C)C3)[C@H](C)[C@H]12. The zero-order valence-electron chi connectivity index (χ0n) is 18.1. The molecule has 0 spiro atoms.